The van der Waals surface area contributed by atoms with Crippen LogP contribution in [-0.2, 0) is 0 Å². The lowest BCUT2D eigenvalue weighted by atomic mass is 10.1. The van der Waals surface area contributed by atoms with Gasteiger partial charge in [0, 0.05) is 6.04 Å². The van der Waals surface area contributed by atoms with Gasteiger partial charge in [0.1, 0.15) is 11.8 Å². The van der Waals surface area contributed by atoms with Crippen molar-refractivity contribution in [3.8, 4) is 0 Å². The molecule has 0 aromatic carbocycles. The fourth-order valence-electron chi connectivity index (χ4n) is 2.31. The zero-order valence-corrected chi connectivity index (χ0v) is 14.1. The van der Waals surface area contributed by atoms with Crippen LogP contribution >= 0.6 is 15.9 Å². The highest BCUT2D eigenvalue weighted by atomic mass is 79.9. The third-order valence-electron chi connectivity index (χ3n) is 3.31. The van der Waals surface area contributed by atoms with Gasteiger partial charge in [0.2, 0.25) is 0 Å². The summed E-state index contributed by atoms with van der Waals surface area (Å²) >= 11 is 3.62. The third-order valence-corrected chi connectivity index (χ3v) is 3.92. The van der Waals surface area contributed by atoms with E-state index in [4.69, 9.17) is 4.42 Å². The third kappa shape index (κ3) is 2.99. The molecule has 0 aliphatic rings. The van der Waals surface area contributed by atoms with Crippen LogP contribution in [0.2, 0.25) is 0 Å². The van der Waals surface area contributed by atoms with Gasteiger partial charge in [0.15, 0.2) is 0 Å². The lowest BCUT2D eigenvalue weighted by Gasteiger charge is -2.21. The van der Waals surface area contributed by atoms with Crippen molar-refractivity contribution in [2.24, 2.45) is 0 Å². The van der Waals surface area contributed by atoms with Crippen molar-refractivity contribution in [2.45, 2.75) is 46.2 Å². The minimum Gasteiger partial charge on any atom is -0.467 e. The number of aryl methyl sites for hydroxylation is 1. The van der Waals surface area contributed by atoms with Gasteiger partial charge in [0.05, 0.1) is 22.6 Å². The molecule has 5 heteroatoms. The van der Waals surface area contributed by atoms with Crippen LogP contribution in [0.4, 0.5) is 0 Å². The summed E-state index contributed by atoms with van der Waals surface area (Å²) in [6, 6.07) is 2.32. The normalized spacial score (nSPS) is 13.1. The summed E-state index contributed by atoms with van der Waals surface area (Å²) < 4.78 is 8.76. The van der Waals surface area contributed by atoms with E-state index in [0.717, 1.165) is 34.5 Å². The number of nitrogens with zero attached hydrogens (tertiary/aromatic N) is 2. The fourth-order valence-corrected chi connectivity index (χ4v) is 2.82. The standard InChI is InChI=1S/C15H22BrN3O/c1-5-7-17-13(15-11(4)6-8-20-15)14-12(16)9-18-19(14)10(2)3/h6,8-10,13,17H,5,7H2,1-4H3. The van der Waals surface area contributed by atoms with Gasteiger partial charge in [-0.05, 0) is 61.3 Å². The van der Waals surface area contributed by atoms with Gasteiger partial charge in [-0.1, -0.05) is 6.92 Å². The Kier molecular flexibility index (Phi) is 5.05. The zero-order chi connectivity index (χ0) is 14.7. The number of nitrogens with one attached hydrogen (secondary N) is 1. The van der Waals surface area contributed by atoms with E-state index < -0.39 is 0 Å². The SMILES string of the molecule is CCCNC(c1occc1C)c1c(Br)cnn1C(C)C. The average molecular weight is 340 g/mol. The smallest absolute Gasteiger partial charge is 0.129 e. The lowest BCUT2D eigenvalue weighted by Crippen LogP contribution is -2.27. The summed E-state index contributed by atoms with van der Waals surface area (Å²) in [5.41, 5.74) is 2.27. The Morgan fingerprint density at radius 3 is 2.75 bits per heavy atom. The van der Waals surface area contributed by atoms with E-state index in [1.54, 1.807) is 6.26 Å². The van der Waals surface area contributed by atoms with Gasteiger partial charge < -0.3 is 9.73 Å². The largest absolute Gasteiger partial charge is 0.467 e. The Morgan fingerprint density at radius 1 is 1.45 bits per heavy atom. The van der Waals surface area contributed by atoms with Gasteiger partial charge in [-0.2, -0.15) is 5.10 Å². The molecule has 1 unspecified atom stereocenters. The number of rotatable bonds is 6. The molecule has 0 fully saturated rings. The number of furan rings is 1. The zero-order valence-electron chi connectivity index (χ0n) is 12.5. The molecule has 2 aromatic heterocycles. The monoisotopic (exact) mass is 339 g/mol. The Labute approximate surface area is 128 Å². The quantitative estimate of drug-likeness (QED) is 0.856. The van der Waals surface area contributed by atoms with Crippen molar-refractivity contribution >= 4 is 15.9 Å². The number of aromatic nitrogens is 2. The minimum atomic E-state index is 0.0178. The van der Waals surface area contributed by atoms with Gasteiger partial charge in [-0.25, -0.2) is 0 Å². The summed E-state index contributed by atoms with van der Waals surface area (Å²) in [7, 11) is 0. The Bertz CT molecular complexity index is 559. The van der Waals surface area contributed by atoms with E-state index in [0.29, 0.717) is 6.04 Å². The first-order valence-electron chi connectivity index (χ1n) is 7.06. The molecule has 1 N–H and O–H groups in total. The molecule has 0 amide bonds. The lowest BCUT2D eigenvalue weighted by molar-refractivity contribution is 0.409. The van der Waals surface area contributed by atoms with E-state index in [1.807, 2.05) is 16.9 Å². The molecule has 20 heavy (non-hydrogen) atoms. The molecular formula is C15H22BrN3O. The summed E-state index contributed by atoms with van der Waals surface area (Å²) in [5, 5.41) is 8.04. The Morgan fingerprint density at radius 2 is 2.20 bits per heavy atom. The van der Waals surface area contributed by atoms with E-state index in [-0.39, 0.29) is 6.04 Å². The molecular weight excluding hydrogens is 318 g/mol. The van der Waals surface area contributed by atoms with Gasteiger partial charge in [-0.3, -0.25) is 4.68 Å². The Hall–Kier alpha value is -1.07. The van der Waals surface area contributed by atoms with Gasteiger partial charge >= 0.3 is 0 Å². The molecule has 0 aliphatic carbocycles. The summed E-state index contributed by atoms with van der Waals surface area (Å²) in [4.78, 5) is 0. The maximum atomic E-state index is 5.71. The summed E-state index contributed by atoms with van der Waals surface area (Å²) in [6.45, 7) is 9.43. The van der Waals surface area contributed by atoms with Crippen LogP contribution in [0.3, 0.4) is 0 Å². The molecule has 4 nitrogen and oxygen atoms in total. The highest BCUT2D eigenvalue weighted by Gasteiger charge is 2.26. The first kappa shape index (κ1) is 15.3. The number of halogens is 1. The maximum absolute atomic E-state index is 5.71. The van der Waals surface area contributed by atoms with Crippen molar-refractivity contribution in [3.63, 3.8) is 0 Å². The van der Waals surface area contributed by atoms with Gasteiger partial charge in [0.25, 0.3) is 0 Å². The van der Waals surface area contributed by atoms with Crippen LogP contribution in [-0.4, -0.2) is 16.3 Å². The molecule has 110 valence electrons. The Balaban J connectivity index is 2.46. The van der Waals surface area contributed by atoms with E-state index >= 15 is 0 Å². The van der Waals surface area contributed by atoms with Crippen molar-refractivity contribution in [2.75, 3.05) is 6.54 Å². The predicted molar refractivity (Wildman–Crippen MR) is 83.9 cm³/mol. The highest BCUT2D eigenvalue weighted by Crippen LogP contribution is 2.32. The van der Waals surface area contributed by atoms with Crippen LogP contribution in [0.1, 0.15) is 56.3 Å². The van der Waals surface area contributed by atoms with E-state index in [9.17, 15) is 0 Å². The van der Waals surface area contributed by atoms with E-state index in [2.05, 4.69) is 54.0 Å². The molecule has 0 aliphatic heterocycles. The number of hydrogen-bond acceptors (Lipinski definition) is 3. The van der Waals surface area contributed by atoms with E-state index in [1.165, 1.54) is 0 Å². The molecule has 2 heterocycles. The van der Waals surface area contributed by atoms with Crippen LogP contribution in [0, 0.1) is 6.92 Å². The van der Waals surface area contributed by atoms with Crippen molar-refractivity contribution < 1.29 is 4.42 Å². The highest BCUT2D eigenvalue weighted by molar-refractivity contribution is 9.10. The molecule has 0 saturated carbocycles. The van der Waals surface area contributed by atoms with Crippen LogP contribution in [0.25, 0.3) is 0 Å². The first-order chi connectivity index (χ1) is 9.56. The van der Waals surface area contributed by atoms with Crippen molar-refractivity contribution in [1.29, 1.82) is 0 Å². The second-order valence-corrected chi connectivity index (χ2v) is 6.13. The topological polar surface area (TPSA) is 43.0 Å². The molecule has 2 rings (SSSR count). The predicted octanol–water partition coefficient (Wildman–Crippen LogP) is 4.22. The van der Waals surface area contributed by atoms with Crippen LogP contribution in [0.15, 0.2) is 27.4 Å². The molecule has 2 aromatic rings. The molecule has 0 bridgehead atoms. The van der Waals surface area contributed by atoms with Crippen molar-refractivity contribution in [3.05, 3.63) is 40.0 Å². The van der Waals surface area contributed by atoms with Crippen LogP contribution < -0.4 is 5.32 Å². The van der Waals surface area contributed by atoms with Gasteiger partial charge in [-0.15, -0.1) is 0 Å². The summed E-state index contributed by atoms with van der Waals surface area (Å²) in [5.74, 6) is 0.960. The second kappa shape index (κ2) is 6.59. The molecule has 0 saturated heterocycles. The first-order valence-corrected chi connectivity index (χ1v) is 7.85. The average Bonchev–Trinajstić information content (AvgIpc) is 2.98. The minimum absolute atomic E-state index is 0.0178. The van der Waals surface area contributed by atoms with Crippen LogP contribution in [0.5, 0.6) is 0 Å². The molecule has 0 radical (unpaired) electrons. The summed E-state index contributed by atoms with van der Waals surface area (Å²) in [6.07, 6.45) is 4.67. The molecule has 0 spiro atoms. The maximum Gasteiger partial charge on any atom is 0.129 e. The fraction of sp³-hybridized carbons (Fsp3) is 0.533. The van der Waals surface area contributed by atoms with Crippen molar-refractivity contribution in [1.82, 2.24) is 15.1 Å². The molecule has 1 atom stereocenters. The number of hydrogen-bond donors (Lipinski definition) is 1. The second-order valence-electron chi connectivity index (χ2n) is 5.27.